The molecule has 0 atom stereocenters. The second-order valence-corrected chi connectivity index (χ2v) is 4.71. The van der Waals surface area contributed by atoms with Gasteiger partial charge in [0, 0.05) is 19.3 Å². The maximum atomic E-state index is 3.52. The zero-order valence-electron chi connectivity index (χ0n) is 10.1. The lowest BCUT2D eigenvalue weighted by molar-refractivity contribution is 0.292. The Morgan fingerprint density at radius 3 is 2.50 bits per heavy atom. The standard InChI is InChI=1S/C14H22N2/c1-15-14-7-5-13(6-8-14)11-16-10-9-12-3-2-4-12/h5-8,12,15-16H,2-4,9-11H2,1H3. The number of hydrogen-bond donors (Lipinski definition) is 2. The van der Waals surface area contributed by atoms with Gasteiger partial charge in [0.05, 0.1) is 0 Å². The van der Waals surface area contributed by atoms with E-state index in [9.17, 15) is 0 Å². The molecule has 1 fully saturated rings. The molecule has 1 saturated carbocycles. The third-order valence-electron chi connectivity index (χ3n) is 3.53. The van der Waals surface area contributed by atoms with E-state index >= 15 is 0 Å². The van der Waals surface area contributed by atoms with Crippen LogP contribution in [0, 0.1) is 5.92 Å². The molecule has 0 saturated heterocycles. The van der Waals surface area contributed by atoms with Gasteiger partial charge in [0.15, 0.2) is 0 Å². The van der Waals surface area contributed by atoms with E-state index in [2.05, 4.69) is 34.9 Å². The van der Waals surface area contributed by atoms with Crippen LogP contribution in [0.2, 0.25) is 0 Å². The van der Waals surface area contributed by atoms with Crippen molar-refractivity contribution >= 4 is 5.69 Å². The molecule has 0 bridgehead atoms. The molecule has 1 aliphatic rings. The zero-order valence-corrected chi connectivity index (χ0v) is 10.1. The molecule has 0 heterocycles. The monoisotopic (exact) mass is 218 g/mol. The molecule has 1 aromatic rings. The van der Waals surface area contributed by atoms with Crippen LogP contribution in [0.1, 0.15) is 31.2 Å². The summed E-state index contributed by atoms with van der Waals surface area (Å²) < 4.78 is 0. The first-order valence-corrected chi connectivity index (χ1v) is 6.36. The van der Waals surface area contributed by atoms with E-state index in [1.807, 2.05) is 7.05 Å². The second-order valence-electron chi connectivity index (χ2n) is 4.71. The molecule has 1 aliphatic carbocycles. The molecule has 2 nitrogen and oxygen atoms in total. The van der Waals surface area contributed by atoms with Crippen molar-refractivity contribution < 1.29 is 0 Å². The summed E-state index contributed by atoms with van der Waals surface area (Å²) in [5, 5.41) is 6.65. The van der Waals surface area contributed by atoms with Crippen LogP contribution in [0.25, 0.3) is 0 Å². The predicted molar refractivity (Wildman–Crippen MR) is 69.7 cm³/mol. The van der Waals surface area contributed by atoms with Gasteiger partial charge in [-0.3, -0.25) is 0 Å². The summed E-state index contributed by atoms with van der Waals surface area (Å²) in [4.78, 5) is 0. The Kier molecular flexibility index (Phi) is 4.23. The summed E-state index contributed by atoms with van der Waals surface area (Å²) in [7, 11) is 1.95. The first-order valence-electron chi connectivity index (χ1n) is 6.36. The fourth-order valence-electron chi connectivity index (χ4n) is 2.11. The van der Waals surface area contributed by atoms with Gasteiger partial charge in [-0.1, -0.05) is 31.4 Å². The van der Waals surface area contributed by atoms with E-state index in [1.54, 1.807) is 0 Å². The maximum absolute atomic E-state index is 3.52. The number of rotatable bonds is 6. The largest absolute Gasteiger partial charge is 0.388 e. The third-order valence-corrected chi connectivity index (χ3v) is 3.53. The summed E-state index contributed by atoms with van der Waals surface area (Å²) in [5.41, 5.74) is 2.55. The van der Waals surface area contributed by atoms with Crippen LogP contribution in [-0.4, -0.2) is 13.6 Å². The van der Waals surface area contributed by atoms with Crippen LogP contribution in [0.3, 0.4) is 0 Å². The van der Waals surface area contributed by atoms with Crippen LogP contribution in [-0.2, 0) is 6.54 Å². The smallest absolute Gasteiger partial charge is 0.0337 e. The van der Waals surface area contributed by atoms with Gasteiger partial charge in [-0.2, -0.15) is 0 Å². The molecule has 0 unspecified atom stereocenters. The van der Waals surface area contributed by atoms with Crippen LogP contribution in [0.15, 0.2) is 24.3 Å². The number of anilines is 1. The Bertz CT molecular complexity index is 301. The van der Waals surface area contributed by atoms with Crippen molar-refractivity contribution in [3.8, 4) is 0 Å². The summed E-state index contributed by atoms with van der Waals surface area (Å²) in [6.45, 7) is 2.16. The Balaban J connectivity index is 1.64. The number of nitrogens with one attached hydrogen (secondary N) is 2. The van der Waals surface area contributed by atoms with Crippen molar-refractivity contribution in [1.82, 2.24) is 5.32 Å². The Morgan fingerprint density at radius 1 is 1.19 bits per heavy atom. The van der Waals surface area contributed by atoms with Crippen molar-refractivity contribution in [2.75, 3.05) is 18.9 Å². The van der Waals surface area contributed by atoms with Crippen LogP contribution < -0.4 is 10.6 Å². The molecule has 2 rings (SSSR count). The van der Waals surface area contributed by atoms with Crippen molar-refractivity contribution in [2.24, 2.45) is 5.92 Å². The lowest BCUT2D eigenvalue weighted by Crippen LogP contribution is -2.21. The van der Waals surface area contributed by atoms with Gasteiger partial charge in [-0.25, -0.2) is 0 Å². The highest BCUT2D eigenvalue weighted by molar-refractivity contribution is 5.43. The van der Waals surface area contributed by atoms with Gasteiger partial charge in [0.25, 0.3) is 0 Å². The highest BCUT2D eigenvalue weighted by Crippen LogP contribution is 2.28. The third kappa shape index (κ3) is 3.24. The van der Waals surface area contributed by atoms with Gasteiger partial charge >= 0.3 is 0 Å². The minimum atomic E-state index is 0.997. The number of hydrogen-bond acceptors (Lipinski definition) is 2. The Morgan fingerprint density at radius 2 is 1.94 bits per heavy atom. The van der Waals surface area contributed by atoms with E-state index in [-0.39, 0.29) is 0 Å². The van der Waals surface area contributed by atoms with Gasteiger partial charge in [0.1, 0.15) is 0 Å². The molecule has 1 aromatic carbocycles. The summed E-state index contributed by atoms with van der Waals surface area (Å²) >= 11 is 0. The quantitative estimate of drug-likeness (QED) is 0.717. The van der Waals surface area contributed by atoms with Crippen LogP contribution >= 0.6 is 0 Å². The predicted octanol–water partition coefficient (Wildman–Crippen LogP) is 3.01. The molecule has 0 amide bonds. The Labute approximate surface area is 98.4 Å². The summed E-state index contributed by atoms with van der Waals surface area (Å²) in [5.74, 6) is 1.01. The van der Waals surface area contributed by atoms with E-state index < -0.39 is 0 Å². The second kappa shape index (κ2) is 5.90. The van der Waals surface area contributed by atoms with E-state index in [1.165, 1.54) is 43.5 Å². The first kappa shape index (κ1) is 11.5. The van der Waals surface area contributed by atoms with E-state index in [4.69, 9.17) is 0 Å². The fourth-order valence-corrected chi connectivity index (χ4v) is 2.11. The molecule has 0 spiro atoms. The molecule has 0 aromatic heterocycles. The van der Waals surface area contributed by atoms with Crippen molar-refractivity contribution in [3.63, 3.8) is 0 Å². The molecule has 88 valence electrons. The van der Waals surface area contributed by atoms with Crippen molar-refractivity contribution in [2.45, 2.75) is 32.2 Å². The molecular formula is C14H22N2. The topological polar surface area (TPSA) is 24.1 Å². The Hall–Kier alpha value is -1.02. The minimum Gasteiger partial charge on any atom is -0.388 e. The lowest BCUT2D eigenvalue weighted by Gasteiger charge is -2.25. The summed E-state index contributed by atoms with van der Waals surface area (Å²) in [6.07, 6.45) is 5.72. The first-order chi connectivity index (χ1) is 7.88. The van der Waals surface area contributed by atoms with Gasteiger partial charge in [-0.05, 0) is 36.6 Å². The fraction of sp³-hybridized carbons (Fsp3) is 0.571. The number of benzene rings is 1. The average molecular weight is 218 g/mol. The van der Waals surface area contributed by atoms with E-state index in [0.29, 0.717) is 0 Å². The van der Waals surface area contributed by atoms with Gasteiger partial charge in [0.2, 0.25) is 0 Å². The molecular weight excluding hydrogens is 196 g/mol. The van der Waals surface area contributed by atoms with Gasteiger partial charge < -0.3 is 10.6 Å². The molecule has 0 radical (unpaired) electrons. The van der Waals surface area contributed by atoms with Crippen molar-refractivity contribution in [1.29, 1.82) is 0 Å². The summed E-state index contributed by atoms with van der Waals surface area (Å²) in [6, 6.07) is 8.62. The highest BCUT2D eigenvalue weighted by atomic mass is 14.8. The van der Waals surface area contributed by atoms with Crippen LogP contribution in [0.5, 0.6) is 0 Å². The molecule has 2 N–H and O–H groups in total. The van der Waals surface area contributed by atoms with Gasteiger partial charge in [-0.15, -0.1) is 0 Å². The maximum Gasteiger partial charge on any atom is 0.0337 e. The molecule has 0 aliphatic heterocycles. The zero-order chi connectivity index (χ0) is 11.2. The van der Waals surface area contributed by atoms with Crippen molar-refractivity contribution in [3.05, 3.63) is 29.8 Å². The SMILES string of the molecule is CNc1ccc(CNCCC2CCC2)cc1. The lowest BCUT2D eigenvalue weighted by atomic mass is 9.83. The van der Waals surface area contributed by atoms with Crippen LogP contribution in [0.4, 0.5) is 5.69 Å². The highest BCUT2D eigenvalue weighted by Gasteiger charge is 2.15. The van der Waals surface area contributed by atoms with E-state index in [0.717, 1.165) is 12.5 Å². The normalized spacial score (nSPS) is 15.8. The minimum absolute atomic E-state index is 0.997. The molecule has 2 heteroatoms. The average Bonchev–Trinajstić information content (AvgIpc) is 2.27. The molecule has 16 heavy (non-hydrogen) atoms.